The molecule has 0 aromatic heterocycles. The Morgan fingerprint density at radius 1 is 1.30 bits per heavy atom. The number of hydrogen-bond donors (Lipinski definition) is 1. The van der Waals surface area contributed by atoms with Gasteiger partial charge in [0.1, 0.15) is 5.75 Å². The second-order valence-corrected chi connectivity index (χ2v) is 5.52. The van der Waals surface area contributed by atoms with Gasteiger partial charge >= 0.3 is 0 Å². The van der Waals surface area contributed by atoms with Crippen molar-refractivity contribution in [3.8, 4) is 5.75 Å². The average molecular weight is 276 g/mol. The van der Waals surface area contributed by atoms with E-state index >= 15 is 0 Å². The molecule has 0 radical (unpaired) electrons. The molecule has 1 N–H and O–H groups in total. The van der Waals surface area contributed by atoms with Crippen LogP contribution in [0.15, 0.2) is 24.3 Å². The molecule has 2 unspecified atom stereocenters. The molecule has 2 atom stereocenters. The van der Waals surface area contributed by atoms with Crippen molar-refractivity contribution in [2.75, 3.05) is 19.7 Å². The molecular weight excluding hydrogens is 252 g/mol. The number of nitrogens with one attached hydrogen (secondary N) is 1. The molecule has 110 valence electrons. The number of rotatable bonds is 4. The summed E-state index contributed by atoms with van der Waals surface area (Å²) in [7, 11) is 0. The van der Waals surface area contributed by atoms with Gasteiger partial charge in [0.2, 0.25) is 0 Å². The van der Waals surface area contributed by atoms with E-state index in [9.17, 15) is 4.79 Å². The number of ether oxygens (including phenoxy) is 1. The molecule has 1 saturated heterocycles. The molecule has 20 heavy (non-hydrogen) atoms. The normalized spacial score (nSPS) is 22.6. The van der Waals surface area contributed by atoms with E-state index in [4.69, 9.17) is 4.74 Å². The molecule has 0 spiro atoms. The summed E-state index contributed by atoms with van der Waals surface area (Å²) in [5.74, 6) is 0.885. The van der Waals surface area contributed by atoms with E-state index in [1.165, 1.54) is 0 Å². The summed E-state index contributed by atoms with van der Waals surface area (Å²) in [6.45, 7) is 7.91. The number of piperazine rings is 1. The van der Waals surface area contributed by atoms with Crippen molar-refractivity contribution in [1.82, 2.24) is 10.2 Å². The van der Waals surface area contributed by atoms with E-state index in [-0.39, 0.29) is 12.5 Å². The molecule has 0 saturated carbocycles. The molecule has 1 aliphatic rings. The van der Waals surface area contributed by atoms with Crippen LogP contribution in [0.1, 0.15) is 26.3 Å². The lowest BCUT2D eigenvalue weighted by atomic mass is 10.1. The Morgan fingerprint density at radius 3 is 2.60 bits per heavy atom. The fraction of sp³-hybridized carbons (Fsp3) is 0.562. The lowest BCUT2D eigenvalue weighted by Gasteiger charge is -2.36. The Kier molecular flexibility index (Phi) is 5.01. The van der Waals surface area contributed by atoms with Gasteiger partial charge in [-0.25, -0.2) is 0 Å². The summed E-state index contributed by atoms with van der Waals surface area (Å²) < 4.78 is 5.70. The smallest absolute Gasteiger partial charge is 0.260 e. The maximum Gasteiger partial charge on any atom is 0.260 e. The van der Waals surface area contributed by atoms with Gasteiger partial charge in [0.25, 0.3) is 5.91 Å². The molecule has 4 nitrogen and oxygen atoms in total. The molecule has 1 heterocycles. The van der Waals surface area contributed by atoms with Gasteiger partial charge in [0.15, 0.2) is 6.61 Å². The highest BCUT2D eigenvalue weighted by Crippen LogP contribution is 2.18. The number of nitrogens with zero attached hydrogens (tertiary/aromatic N) is 1. The van der Waals surface area contributed by atoms with Crippen molar-refractivity contribution in [2.45, 2.75) is 39.3 Å². The quantitative estimate of drug-likeness (QED) is 0.912. The second-order valence-electron chi connectivity index (χ2n) is 5.52. The van der Waals surface area contributed by atoms with Crippen molar-refractivity contribution >= 4 is 5.91 Å². The first-order valence-corrected chi connectivity index (χ1v) is 7.34. The van der Waals surface area contributed by atoms with Gasteiger partial charge in [-0.3, -0.25) is 4.79 Å². The van der Waals surface area contributed by atoms with Crippen LogP contribution in [0.5, 0.6) is 5.75 Å². The Morgan fingerprint density at radius 2 is 1.95 bits per heavy atom. The first-order chi connectivity index (χ1) is 9.60. The van der Waals surface area contributed by atoms with Crippen molar-refractivity contribution in [2.24, 2.45) is 0 Å². The minimum Gasteiger partial charge on any atom is -0.483 e. The zero-order chi connectivity index (χ0) is 14.5. The number of benzene rings is 1. The Labute approximate surface area is 121 Å². The summed E-state index contributed by atoms with van der Waals surface area (Å²) >= 11 is 0. The largest absolute Gasteiger partial charge is 0.483 e. The van der Waals surface area contributed by atoms with Crippen LogP contribution in [-0.2, 0) is 11.2 Å². The molecule has 0 bridgehead atoms. The van der Waals surface area contributed by atoms with E-state index in [2.05, 4.69) is 26.1 Å². The Balaban J connectivity index is 1.91. The monoisotopic (exact) mass is 276 g/mol. The van der Waals surface area contributed by atoms with Crippen LogP contribution in [0, 0.1) is 0 Å². The minimum absolute atomic E-state index is 0.0658. The number of amides is 1. The van der Waals surface area contributed by atoms with E-state index in [1.54, 1.807) is 0 Å². The molecular formula is C16H24N2O2. The van der Waals surface area contributed by atoms with Gasteiger partial charge < -0.3 is 15.0 Å². The number of aryl methyl sites for hydroxylation is 1. The highest BCUT2D eigenvalue weighted by atomic mass is 16.5. The molecule has 1 aromatic carbocycles. The number of carbonyl (C=O) groups is 1. The molecule has 4 heteroatoms. The zero-order valence-corrected chi connectivity index (χ0v) is 12.6. The topological polar surface area (TPSA) is 41.6 Å². The predicted molar refractivity (Wildman–Crippen MR) is 80.0 cm³/mol. The molecule has 1 aromatic rings. The third-order valence-corrected chi connectivity index (χ3v) is 3.61. The fourth-order valence-electron chi connectivity index (χ4n) is 2.70. The average Bonchev–Trinajstić information content (AvgIpc) is 2.44. The SMILES string of the molecule is CCc1ccccc1OCC(=O)N1CC(C)NC(C)C1. The van der Waals surface area contributed by atoms with Gasteiger partial charge in [0.05, 0.1) is 0 Å². The van der Waals surface area contributed by atoms with Gasteiger partial charge in [-0.05, 0) is 31.9 Å². The highest BCUT2D eigenvalue weighted by molar-refractivity contribution is 5.78. The summed E-state index contributed by atoms with van der Waals surface area (Å²) in [5, 5.41) is 3.42. The van der Waals surface area contributed by atoms with Crippen LogP contribution in [0.25, 0.3) is 0 Å². The van der Waals surface area contributed by atoms with Crippen LogP contribution >= 0.6 is 0 Å². The second kappa shape index (κ2) is 6.75. The van der Waals surface area contributed by atoms with Gasteiger partial charge in [0, 0.05) is 25.2 Å². The highest BCUT2D eigenvalue weighted by Gasteiger charge is 2.24. The molecule has 1 aliphatic heterocycles. The van der Waals surface area contributed by atoms with Gasteiger partial charge in [-0.1, -0.05) is 25.1 Å². The van der Waals surface area contributed by atoms with Crippen molar-refractivity contribution in [3.63, 3.8) is 0 Å². The lowest BCUT2D eigenvalue weighted by molar-refractivity contribution is -0.135. The first kappa shape index (κ1) is 14.9. The third-order valence-electron chi connectivity index (χ3n) is 3.61. The zero-order valence-electron chi connectivity index (χ0n) is 12.6. The van der Waals surface area contributed by atoms with Crippen LogP contribution in [0.2, 0.25) is 0 Å². The van der Waals surface area contributed by atoms with Crippen LogP contribution in [0.4, 0.5) is 0 Å². The van der Waals surface area contributed by atoms with Gasteiger partial charge in [-0.15, -0.1) is 0 Å². The van der Waals surface area contributed by atoms with Crippen molar-refractivity contribution in [3.05, 3.63) is 29.8 Å². The molecule has 1 amide bonds. The lowest BCUT2D eigenvalue weighted by Crippen LogP contribution is -2.56. The van der Waals surface area contributed by atoms with Crippen LogP contribution < -0.4 is 10.1 Å². The summed E-state index contributed by atoms with van der Waals surface area (Å²) in [4.78, 5) is 14.1. The summed E-state index contributed by atoms with van der Waals surface area (Å²) in [5.41, 5.74) is 1.14. The van der Waals surface area contributed by atoms with Crippen LogP contribution in [-0.4, -0.2) is 42.6 Å². The number of para-hydroxylation sites is 1. The summed E-state index contributed by atoms with van der Waals surface area (Å²) in [6.07, 6.45) is 0.909. The van der Waals surface area contributed by atoms with Gasteiger partial charge in [-0.2, -0.15) is 0 Å². The van der Waals surface area contributed by atoms with E-state index in [1.807, 2.05) is 29.2 Å². The first-order valence-electron chi connectivity index (χ1n) is 7.34. The van der Waals surface area contributed by atoms with Crippen LogP contribution in [0.3, 0.4) is 0 Å². The number of carbonyl (C=O) groups excluding carboxylic acids is 1. The van der Waals surface area contributed by atoms with E-state index in [0.29, 0.717) is 12.1 Å². The third kappa shape index (κ3) is 3.73. The van der Waals surface area contributed by atoms with E-state index < -0.39 is 0 Å². The van der Waals surface area contributed by atoms with Crippen molar-refractivity contribution < 1.29 is 9.53 Å². The predicted octanol–water partition coefficient (Wildman–Crippen LogP) is 1.84. The Bertz CT molecular complexity index is 452. The molecule has 0 aliphatic carbocycles. The van der Waals surface area contributed by atoms with E-state index in [0.717, 1.165) is 30.8 Å². The standard InChI is InChI=1S/C16H24N2O2/c1-4-14-7-5-6-8-15(14)20-11-16(19)18-9-12(2)17-13(3)10-18/h5-8,12-13,17H,4,9-11H2,1-3H3. The fourth-order valence-corrected chi connectivity index (χ4v) is 2.70. The van der Waals surface area contributed by atoms with Crippen molar-refractivity contribution in [1.29, 1.82) is 0 Å². The molecule has 2 rings (SSSR count). The summed E-state index contributed by atoms with van der Waals surface area (Å²) in [6, 6.07) is 8.57. The molecule has 1 fully saturated rings. The number of hydrogen-bond acceptors (Lipinski definition) is 3. The maximum absolute atomic E-state index is 12.2. The minimum atomic E-state index is 0.0658. The Hall–Kier alpha value is -1.55. The maximum atomic E-state index is 12.2.